The van der Waals surface area contributed by atoms with Crippen molar-refractivity contribution < 1.29 is 47.5 Å². The molecule has 3 aliphatic rings. The van der Waals surface area contributed by atoms with Crippen molar-refractivity contribution >= 4 is 40.6 Å². The summed E-state index contributed by atoms with van der Waals surface area (Å²) in [6, 6.07) is 44.9. The minimum absolute atomic E-state index is 0.0729. The van der Waals surface area contributed by atoms with E-state index in [4.69, 9.17) is 37.6 Å². The molecular formula is C49H52BrN3O10Si. The van der Waals surface area contributed by atoms with Gasteiger partial charge in [0, 0.05) is 9.38 Å². The van der Waals surface area contributed by atoms with Crippen LogP contribution in [0.1, 0.15) is 42.3 Å². The van der Waals surface area contributed by atoms with Crippen LogP contribution >= 0.6 is 15.9 Å². The van der Waals surface area contributed by atoms with E-state index in [0.717, 1.165) is 26.0 Å². The zero-order valence-corrected chi connectivity index (χ0v) is 38.4. The third kappa shape index (κ3) is 10.1. The molecule has 334 valence electrons. The fourth-order valence-corrected chi connectivity index (χ4v) is 13.6. The Balaban J connectivity index is 1.15. The minimum atomic E-state index is -3.14. The molecule has 3 saturated heterocycles. The number of rotatable bonds is 16. The van der Waals surface area contributed by atoms with Crippen LogP contribution in [-0.2, 0) is 50.8 Å². The minimum Gasteiger partial charge on any atom is -0.450 e. The molecule has 15 heteroatoms. The summed E-state index contributed by atoms with van der Waals surface area (Å²) in [6.07, 6.45) is -9.50. The summed E-state index contributed by atoms with van der Waals surface area (Å²) in [6.45, 7) is 6.74. The predicted molar refractivity (Wildman–Crippen MR) is 244 cm³/mol. The molecule has 3 heterocycles. The number of hydrogen-bond donors (Lipinski definition) is 1. The van der Waals surface area contributed by atoms with Crippen LogP contribution in [0.15, 0.2) is 155 Å². The molecule has 13 nitrogen and oxygen atoms in total. The maximum absolute atomic E-state index is 13.6. The molecule has 0 saturated carbocycles. The molecule has 3 aliphatic heterocycles. The van der Waals surface area contributed by atoms with E-state index >= 15 is 0 Å². The Morgan fingerprint density at radius 3 is 1.92 bits per heavy atom. The van der Waals surface area contributed by atoms with Crippen molar-refractivity contribution in [3.05, 3.63) is 177 Å². The molecule has 0 unspecified atom stereocenters. The Hall–Kier alpha value is -4.74. The normalized spacial score (nSPS) is 26.8. The van der Waals surface area contributed by atoms with Crippen molar-refractivity contribution in [3.8, 4) is 0 Å². The smallest absolute Gasteiger partial charge is 0.338 e. The fourth-order valence-electron chi connectivity index (χ4n) is 8.77. The zero-order valence-electron chi connectivity index (χ0n) is 35.8. The van der Waals surface area contributed by atoms with Gasteiger partial charge in [-0.05, 0) is 56.3 Å². The number of azide groups is 1. The van der Waals surface area contributed by atoms with Gasteiger partial charge in [0.1, 0.15) is 36.6 Å². The lowest BCUT2D eigenvalue weighted by Crippen LogP contribution is -2.68. The van der Waals surface area contributed by atoms with Crippen molar-refractivity contribution in [2.24, 2.45) is 5.11 Å². The number of carbonyl (C=O) groups is 1. The van der Waals surface area contributed by atoms with Crippen LogP contribution in [0.4, 0.5) is 0 Å². The second-order valence-corrected chi connectivity index (χ2v) is 22.3. The molecular weight excluding hydrogens is 899 g/mol. The van der Waals surface area contributed by atoms with Gasteiger partial charge in [0.05, 0.1) is 38.1 Å². The molecule has 1 N–H and O–H groups in total. The molecule has 2 bridgehead atoms. The fraction of sp³-hybridized carbons (Fsp3) is 0.367. The van der Waals surface area contributed by atoms with Crippen molar-refractivity contribution in [1.29, 1.82) is 0 Å². The van der Waals surface area contributed by atoms with E-state index in [2.05, 4.69) is 71.0 Å². The molecule has 0 amide bonds. The highest BCUT2D eigenvalue weighted by Crippen LogP contribution is 2.40. The molecule has 0 aromatic heterocycles. The van der Waals surface area contributed by atoms with Crippen LogP contribution in [-0.4, -0.2) is 94.0 Å². The summed E-state index contributed by atoms with van der Waals surface area (Å²) in [5, 5.41) is 18.2. The molecule has 5 aromatic rings. The first-order valence-electron chi connectivity index (χ1n) is 21.4. The van der Waals surface area contributed by atoms with Crippen LogP contribution < -0.4 is 10.4 Å². The summed E-state index contributed by atoms with van der Waals surface area (Å²) in [7, 11) is -3.14. The Morgan fingerprint density at radius 1 is 0.766 bits per heavy atom. The first-order chi connectivity index (χ1) is 31.1. The van der Waals surface area contributed by atoms with Gasteiger partial charge in [0.15, 0.2) is 18.7 Å². The van der Waals surface area contributed by atoms with E-state index in [0.29, 0.717) is 5.56 Å². The average molecular weight is 951 g/mol. The van der Waals surface area contributed by atoms with Gasteiger partial charge in [-0.1, -0.05) is 163 Å². The van der Waals surface area contributed by atoms with Gasteiger partial charge < -0.3 is 42.7 Å². The lowest BCUT2D eigenvalue weighted by molar-refractivity contribution is -0.322. The number of benzene rings is 5. The Labute approximate surface area is 382 Å². The summed E-state index contributed by atoms with van der Waals surface area (Å²) < 4.78 is 53.6. The predicted octanol–water partition coefficient (Wildman–Crippen LogP) is 7.63. The molecule has 0 aliphatic carbocycles. The highest BCUT2D eigenvalue weighted by molar-refractivity contribution is 9.10. The van der Waals surface area contributed by atoms with Gasteiger partial charge >= 0.3 is 5.97 Å². The van der Waals surface area contributed by atoms with E-state index in [1.54, 1.807) is 24.3 Å². The third-order valence-electron chi connectivity index (χ3n) is 11.9. The molecule has 8 rings (SSSR count). The van der Waals surface area contributed by atoms with E-state index in [1.165, 1.54) is 0 Å². The van der Waals surface area contributed by atoms with Gasteiger partial charge in [-0.2, -0.15) is 0 Å². The SMILES string of the molecule is CC(C)(C)[Si](OC[C@H]1O[C@H](O[C@H]2[C@H](OCc3ccccc3)[C@@H](OC(=O)c3ccccc3)[C@H]3OC[C@@H]2O3)[C@H](N=[N+]=[N-])[C@@H](OCc2ccc(Br)cc2)[C@@H]1O)(c1ccccc1)c1ccccc1. The lowest BCUT2D eigenvalue weighted by Gasteiger charge is -2.48. The quantitative estimate of drug-likeness (QED) is 0.0343. The average Bonchev–Trinajstić information content (AvgIpc) is 3.76. The Bertz CT molecular complexity index is 2280. The van der Waals surface area contributed by atoms with Crippen LogP contribution in [0.25, 0.3) is 10.4 Å². The van der Waals surface area contributed by atoms with Gasteiger partial charge in [-0.15, -0.1) is 0 Å². The number of fused-ring (bicyclic) bond motifs is 2. The number of nitrogens with zero attached hydrogens (tertiary/aromatic N) is 3. The van der Waals surface area contributed by atoms with Crippen molar-refractivity contribution in [2.45, 2.75) is 100 Å². The van der Waals surface area contributed by atoms with Gasteiger partial charge in [-0.3, -0.25) is 0 Å². The number of carbonyl (C=O) groups excluding carboxylic acids is 1. The summed E-state index contributed by atoms with van der Waals surface area (Å²) >= 11 is 3.49. The number of ether oxygens (including phenoxy) is 7. The molecule has 5 aromatic carbocycles. The highest BCUT2D eigenvalue weighted by Gasteiger charge is 2.58. The van der Waals surface area contributed by atoms with Crippen LogP contribution in [0.3, 0.4) is 0 Å². The first-order valence-corrected chi connectivity index (χ1v) is 24.1. The maximum Gasteiger partial charge on any atom is 0.338 e. The summed E-state index contributed by atoms with van der Waals surface area (Å²) in [5.41, 5.74) is 12.1. The molecule has 3 fully saturated rings. The van der Waals surface area contributed by atoms with E-state index in [9.17, 15) is 15.4 Å². The second kappa shape index (κ2) is 20.6. The summed E-state index contributed by atoms with van der Waals surface area (Å²) in [4.78, 5) is 16.8. The molecule has 0 radical (unpaired) electrons. The monoisotopic (exact) mass is 949 g/mol. The number of aliphatic hydroxyl groups excluding tert-OH is 1. The van der Waals surface area contributed by atoms with Gasteiger partial charge in [0.2, 0.25) is 0 Å². The Kier molecular flexibility index (Phi) is 14.8. The van der Waals surface area contributed by atoms with E-state index < -0.39 is 75.6 Å². The van der Waals surface area contributed by atoms with Crippen LogP contribution in [0.2, 0.25) is 5.04 Å². The highest BCUT2D eigenvalue weighted by atomic mass is 79.9. The summed E-state index contributed by atoms with van der Waals surface area (Å²) in [5.74, 6) is -0.596. The third-order valence-corrected chi connectivity index (χ3v) is 17.4. The second-order valence-electron chi connectivity index (χ2n) is 17.1. The van der Waals surface area contributed by atoms with E-state index in [1.807, 2.05) is 97.1 Å². The number of esters is 1. The lowest BCUT2D eigenvalue weighted by atomic mass is 9.96. The van der Waals surface area contributed by atoms with Gasteiger partial charge in [-0.25, -0.2) is 4.79 Å². The zero-order chi connectivity index (χ0) is 44.7. The maximum atomic E-state index is 13.6. The number of aliphatic hydroxyl groups is 1. The largest absolute Gasteiger partial charge is 0.450 e. The number of hydrogen-bond acceptors (Lipinski definition) is 11. The van der Waals surface area contributed by atoms with Crippen molar-refractivity contribution in [1.82, 2.24) is 0 Å². The van der Waals surface area contributed by atoms with Crippen molar-refractivity contribution in [3.63, 3.8) is 0 Å². The number of halogens is 1. The molecule has 0 spiro atoms. The van der Waals surface area contributed by atoms with Gasteiger partial charge in [0.25, 0.3) is 8.32 Å². The van der Waals surface area contributed by atoms with E-state index in [-0.39, 0.29) is 31.5 Å². The topological polar surface area (TPSA) is 160 Å². The first kappa shape index (κ1) is 45.8. The molecule has 64 heavy (non-hydrogen) atoms. The van der Waals surface area contributed by atoms with Crippen LogP contribution in [0.5, 0.6) is 0 Å². The van der Waals surface area contributed by atoms with Crippen molar-refractivity contribution in [2.75, 3.05) is 13.2 Å². The Morgan fingerprint density at radius 2 is 1.33 bits per heavy atom. The van der Waals surface area contributed by atoms with Crippen LogP contribution in [0, 0.1) is 0 Å². The standard InChI is InChI=1S/C49H52BrN3O10Si/c1-49(2,3)64(36-20-12-6-13-21-36,37-22-14-7-15-23-37)59-31-38-41(54)43(56-29-33-24-26-35(50)27-25-33)40(52-53-51)47(60-38)63-42-39-30-58-48(61-39)45(62-46(55)34-18-10-5-11-19-34)44(42)57-28-32-16-8-4-9-17-32/h4-27,38-45,47-48,54H,28-31H2,1-3H3/t38-,39+,40-,41-,42-,43-,44+,45-,47-,48+/m1/s1. The molecule has 10 atom stereocenters.